The van der Waals surface area contributed by atoms with Gasteiger partial charge in [-0.15, -0.1) is 0 Å². The summed E-state index contributed by atoms with van der Waals surface area (Å²) in [6.07, 6.45) is 1.93. The molecule has 1 aromatic carbocycles. The normalized spacial score (nSPS) is 11.0. The molecule has 0 saturated heterocycles. The zero-order chi connectivity index (χ0) is 11.7. The molecule has 16 heavy (non-hydrogen) atoms. The zero-order valence-corrected chi connectivity index (χ0v) is 11.0. The van der Waals surface area contributed by atoms with Gasteiger partial charge in [0, 0.05) is 10.4 Å². The molecule has 84 valence electrons. The quantitative estimate of drug-likeness (QED) is 0.690. The fourth-order valence-corrected chi connectivity index (χ4v) is 2.44. The van der Waals surface area contributed by atoms with Crippen molar-refractivity contribution in [3.63, 3.8) is 0 Å². The molecule has 1 nitrogen and oxygen atoms in total. The van der Waals surface area contributed by atoms with E-state index in [0.29, 0.717) is 15.2 Å². The summed E-state index contributed by atoms with van der Waals surface area (Å²) in [7, 11) is 0. The van der Waals surface area contributed by atoms with Crippen molar-refractivity contribution in [1.82, 2.24) is 4.98 Å². The van der Waals surface area contributed by atoms with Crippen LogP contribution in [-0.4, -0.2) is 4.98 Å². The van der Waals surface area contributed by atoms with Crippen molar-refractivity contribution in [2.75, 3.05) is 0 Å². The number of benzene rings is 1. The second-order valence-corrected chi connectivity index (χ2v) is 4.84. The van der Waals surface area contributed by atoms with Gasteiger partial charge in [-0.2, -0.15) is 0 Å². The average Bonchev–Trinajstić information content (AvgIpc) is 2.20. The van der Waals surface area contributed by atoms with Crippen LogP contribution in [0.3, 0.4) is 0 Å². The Morgan fingerprint density at radius 2 is 1.88 bits per heavy atom. The first-order valence-electron chi connectivity index (χ1n) is 5.06. The molecule has 2 rings (SSSR count). The Morgan fingerprint density at radius 1 is 1.12 bits per heavy atom. The van der Waals surface area contributed by atoms with Gasteiger partial charge in [0.05, 0.1) is 10.5 Å². The van der Waals surface area contributed by atoms with Crippen LogP contribution in [0.25, 0.3) is 10.9 Å². The third-order valence-corrected chi connectivity index (χ3v) is 3.25. The SMILES string of the molecule is CCCc1cc2c(Cl)cc(Cl)cc2nc1Cl. The Bertz CT molecular complexity index is 537. The van der Waals surface area contributed by atoms with Gasteiger partial charge in [0.2, 0.25) is 0 Å². The lowest BCUT2D eigenvalue weighted by Gasteiger charge is -2.06. The van der Waals surface area contributed by atoms with Crippen molar-refractivity contribution in [3.05, 3.63) is 39.0 Å². The predicted octanol–water partition coefficient (Wildman–Crippen LogP) is 5.15. The van der Waals surface area contributed by atoms with Crippen LogP contribution in [0, 0.1) is 0 Å². The van der Waals surface area contributed by atoms with Gasteiger partial charge in [-0.1, -0.05) is 48.1 Å². The number of rotatable bonds is 2. The molecular formula is C12H10Cl3N. The maximum Gasteiger partial charge on any atom is 0.132 e. The van der Waals surface area contributed by atoms with Crippen LogP contribution in [0.4, 0.5) is 0 Å². The van der Waals surface area contributed by atoms with Crippen LogP contribution >= 0.6 is 34.8 Å². The molecule has 1 aromatic heterocycles. The smallest absolute Gasteiger partial charge is 0.132 e. The molecule has 0 N–H and O–H groups in total. The van der Waals surface area contributed by atoms with E-state index in [1.54, 1.807) is 12.1 Å². The van der Waals surface area contributed by atoms with Crippen LogP contribution < -0.4 is 0 Å². The van der Waals surface area contributed by atoms with Crippen LogP contribution in [0.2, 0.25) is 15.2 Å². The summed E-state index contributed by atoms with van der Waals surface area (Å²) in [5, 5.41) is 2.62. The minimum absolute atomic E-state index is 0.535. The van der Waals surface area contributed by atoms with Crippen molar-refractivity contribution in [2.24, 2.45) is 0 Å². The van der Waals surface area contributed by atoms with E-state index in [0.717, 1.165) is 29.3 Å². The summed E-state index contributed by atoms with van der Waals surface area (Å²) >= 11 is 18.1. The van der Waals surface area contributed by atoms with Crippen LogP contribution in [0.15, 0.2) is 18.2 Å². The Morgan fingerprint density at radius 3 is 2.56 bits per heavy atom. The third kappa shape index (κ3) is 2.27. The van der Waals surface area contributed by atoms with E-state index in [1.807, 2.05) is 6.07 Å². The van der Waals surface area contributed by atoms with Crippen molar-refractivity contribution in [1.29, 1.82) is 0 Å². The number of fused-ring (bicyclic) bond motifs is 1. The van der Waals surface area contributed by atoms with E-state index in [4.69, 9.17) is 34.8 Å². The minimum atomic E-state index is 0.535. The Kier molecular flexibility index (Phi) is 3.58. The summed E-state index contributed by atoms with van der Waals surface area (Å²) in [5.74, 6) is 0. The molecule has 0 amide bonds. The third-order valence-electron chi connectivity index (χ3n) is 2.39. The molecule has 0 aliphatic heterocycles. The molecule has 4 heteroatoms. The highest BCUT2D eigenvalue weighted by molar-refractivity contribution is 6.38. The monoisotopic (exact) mass is 273 g/mol. The lowest BCUT2D eigenvalue weighted by molar-refractivity contribution is 0.918. The number of pyridine rings is 1. The van der Waals surface area contributed by atoms with Gasteiger partial charge in [-0.3, -0.25) is 0 Å². The minimum Gasteiger partial charge on any atom is -0.236 e. The summed E-state index contributed by atoms with van der Waals surface area (Å²) in [5.41, 5.74) is 1.77. The maximum atomic E-state index is 6.12. The van der Waals surface area contributed by atoms with Gasteiger partial charge in [-0.25, -0.2) is 4.98 Å². The molecule has 0 saturated carbocycles. The lowest BCUT2D eigenvalue weighted by Crippen LogP contribution is -1.90. The summed E-state index contributed by atoms with van der Waals surface area (Å²) in [6, 6.07) is 5.48. The largest absolute Gasteiger partial charge is 0.236 e. The summed E-state index contributed by atoms with van der Waals surface area (Å²) < 4.78 is 0. The second kappa shape index (κ2) is 4.79. The van der Waals surface area contributed by atoms with Gasteiger partial charge in [0.15, 0.2) is 0 Å². The zero-order valence-electron chi connectivity index (χ0n) is 8.73. The number of hydrogen-bond donors (Lipinski definition) is 0. The van der Waals surface area contributed by atoms with E-state index in [1.165, 1.54) is 0 Å². The molecule has 0 unspecified atom stereocenters. The predicted molar refractivity (Wildman–Crippen MR) is 70.8 cm³/mol. The topological polar surface area (TPSA) is 12.9 Å². The van der Waals surface area contributed by atoms with E-state index >= 15 is 0 Å². The van der Waals surface area contributed by atoms with Crippen LogP contribution in [0.1, 0.15) is 18.9 Å². The highest BCUT2D eigenvalue weighted by Crippen LogP contribution is 2.30. The van der Waals surface area contributed by atoms with Crippen molar-refractivity contribution in [3.8, 4) is 0 Å². The Hall–Kier alpha value is -0.500. The molecule has 0 spiro atoms. The number of aromatic nitrogens is 1. The van der Waals surface area contributed by atoms with Crippen LogP contribution in [0.5, 0.6) is 0 Å². The molecule has 0 radical (unpaired) electrons. The van der Waals surface area contributed by atoms with Gasteiger partial charge >= 0.3 is 0 Å². The maximum absolute atomic E-state index is 6.12. The van der Waals surface area contributed by atoms with Gasteiger partial charge in [0.1, 0.15) is 5.15 Å². The average molecular weight is 275 g/mol. The first-order valence-corrected chi connectivity index (χ1v) is 6.19. The molecule has 2 aromatic rings. The first-order chi connectivity index (χ1) is 7.61. The van der Waals surface area contributed by atoms with Crippen molar-refractivity contribution < 1.29 is 0 Å². The highest BCUT2D eigenvalue weighted by Gasteiger charge is 2.08. The number of aryl methyl sites for hydroxylation is 1. The van der Waals surface area contributed by atoms with Gasteiger partial charge in [0.25, 0.3) is 0 Å². The second-order valence-electron chi connectivity index (χ2n) is 3.64. The highest BCUT2D eigenvalue weighted by atomic mass is 35.5. The van der Waals surface area contributed by atoms with Gasteiger partial charge < -0.3 is 0 Å². The molecule has 1 heterocycles. The van der Waals surface area contributed by atoms with E-state index in [9.17, 15) is 0 Å². The van der Waals surface area contributed by atoms with Gasteiger partial charge in [-0.05, 0) is 30.2 Å². The van der Waals surface area contributed by atoms with E-state index in [-0.39, 0.29) is 0 Å². The lowest BCUT2D eigenvalue weighted by atomic mass is 10.1. The molecule has 0 bridgehead atoms. The van der Waals surface area contributed by atoms with Crippen LogP contribution in [-0.2, 0) is 6.42 Å². The standard InChI is InChI=1S/C12H10Cl3N/c1-2-3-7-4-9-10(14)5-8(13)6-11(9)16-12(7)15/h4-6H,2-3H2,1H3. The molecule has 0 aliphatic carbocycles. The summed E-state index contributed by atoms with van der Waals surface area (Å²) in [4.78, 5) is 4.31. The first kappa shape index (κ1) is 12.0. The number of nitrogens with zero attached hydrogens (tertiary/aromatic N) is 1. The van der Waals surface area contributed by atoms with E-state index < -0.39 is 0 Å². The molecule has 0 fully saturated rings. The van der Waals surface area contributed by atoms with E-state index in [2.05, 4.69) is 11.9 Å². The Labute approximate surface area is 109 Å². The van der Waals surface area contributed by atoms with Crippen molar-refractivity contribution in [2.45, 2.75) is 19.8 Å². The number of hydrogen-bond acceptors (Lipinski definition) is 1. The molecular weight excluding hydrogens is 264 g/mol. The molecule has 0 atom stereocenters. The fraction of sp³-hybridized carbons (Fsp3) is 0.250. The Balaban J connectivity index is 2.69. The van der Waals surface area contributed by atoms with Crippen molar-refractivity contribution >= 4 is 45.7 Å². The fourth-order valence-electron chi connectivity index (χ4n) is 1.66. The molecule has 0 aliphatic rings. The number of halogens is 3. The summed E-state index contributed by atoms with van der Waals surface area (Å²) in [6.45, 7) is 2.10.